The summed E-state index contributed by atoms with van der Waals surface area (Å²) in [6, 6.07) is 9.44. The quantitative estimate of drug-likeness (QED) is 0.805. The van der Waals surface area contributed by atoms with Gasteiger partial charge in [0, 0.05) is 30.5 Å². The van der Waals surface area contributed by atoms with Crippen LogP contribution in [0.1, 0.15) is 30.5 Å². The van der Waals surface area contributed by atoms with Crippen molar-refractivity contribution in [1.82, 2.24) is 4.98 Å². The number of piperidine rings is 1. The summed E-state index contributed by atoms with van der Waals surface area (Å²) in [5, 5.41) is 0. The molecule has 1 atom stereocenters. The van der Waals surface area contributed by atoms with Crippen LogP contribution in [0.15, 0.2) is 36.4 Å². The van der Waals surface area contributed by atoms with Crippen molar-refractivity contribution in [2.75, 3.05) is 24.7 Å². The maximum absolute atomic E-state index is 14.0. The van der Waals surface area contributed by atoms with Crippen molar-refractivity contribution in [3.63, 3.8) is 0 Å². The Hall–Kier alpha value is -2.38. The second-order valence-corrected chi connectivity index (χ2v) is 7.40. The van der Waals surface area contributed by atoms with Crippen LogP contribution in [0.5, 0.6) is 0 Å². The number of halogens is 2. The summed E-state index contributed by atoms with van der Waals surface area (Å²) in [7, 11) is 0. The van der Waals surface area contributed by atoms with Crippen molar-refractivity contribution < 1.29 is 23.0 Å². The van der Waals surface area contributed by atoms with Gasteiger partial charge in [-0.15, -0.1) is 0 Å². The maximum atomic E-state index is 14.0. The number of hydrogen-bond donors (Lipinski definition) is 0. The number of anilines is 1. The molecule has 3 heterocycles. The van der Waals surface area contributed by atoms with E-state index in [-0.39, 0.29) is 12.3 Å². The van der Waals surface area contributed by atoms with E-state index in [9.17, 15) is 13.6 Å². The van der Waals surface area contributed by atoms with E-state index < -0.39 is 23.3 Å². The van der Waals surface area contributed by atoms with Crippen LogP contribution in [0, 0.1) is 18.6 Å². The average Bonchev–Trinajstić information content (AvgIpc) is 3.18. The first-order chi connectivity index (χ1) is 13.5. The summed E-state index contributed by atoms with van der Waals surface area (Å²) in [6.07, 6.45) is 0.797. The number of carbonyl (C=O) groups excluding carboxylic acids is 1. The van der Waals surface area contributed by atoms with E-state index in [1.807, 2.05) is 19.1 Å². The van der Waals surface area contributed by atoms with E-state index in [0.29, 0.717) is 44.0 Å². The molecule has 7 heteroatoms. The van der Waals surface area contributed by atoms with Crippen LogP contribution in [0.4, 0.5) is 14.6 Å². The van der Waals surface area contributed by atoms with Gasteiger partial charge in [0.25, 0.3) is 0 Å². The predicted octanol–water partition coefficient (Wildman–Crippen LogP) is 3.50. The van der Waals surface area contributed by atoms with E-state index in [0.717, 1.165) is 11.8 Å². The summed E-state index contributed by atoms with van der Waals surface area (Å²) >= 11 is 0. The lowest BCUT2D eigenvalue weighted by molar-refractivity contribution is -0.121. The molecular formula is C21H22F2N2O3. The molecule has 0 saturated carbocycles. The van der Waals surface area contributed by atoms with Gasteiger partial charge in [0.05, 0.1) is 13.2 Å². The highest BCUT2D eigenvalue weighted by Gasteiger charge is 2.44. The third-order valence-corrected chi connectivity index (χ3v) is 5.51. The molecule has 2 fully saturated rings. The molecular weight excluding hydrogens is 366 g/mol. The Morgan fingerprint density at radius 1 is 1.18 bits per heavy atom. The number of pyridine rings is 1. The molecule has 148 valence electrons. The van der Waals surface area contributed by atoms with Gasteiger partial charge in [-0.3, -0.25) is 9.69 Å². The number of carbonyl (C=O) groups is 1. The zero-order valence-corrected chi connectivity index (χ0v) is 15.7. The fourth-order valence-corrected chi connectivity index (χ4v) is 4.03. The van der Waals surface area contributed by atoms with Crippen molar-refractivity contribution in [3.05, 3.63) is 59.3 Å². The number of rotatable bonds is 4. The molecule has 4 rings (SSSR count). The number of nitrogens with zero attached hydrogens (tertiary/aromatic N) is 2. The summed E-state index contributed by atoms with van der Waals surface area (Å²) < 4.78 is 38.8. The van der Waals surface area contributed by atoms with E-state index in [2.05, 4.69) is 4.98 Å². The number of aromatic nitrogens is 1. The number of benzene rings is 1. The highest BCUT2D eigenvalue weighted by atomic mass is 19.2. The molecule has 0 radical (unpaired) electrons. The minimum atomic E-state index is -0.901. The molecule has 2 aliphatic heterocycles. The fourth-order valence-electron chi connectivity index (χ4n) is 4.03. The van der Waals surface area contributed by atoms with Gasteiger partial charge in [0.2, 0.25) is 5.91 Å². The Morgan fingerprint density at radius 2 is 1.96 bits per heavy atom. The molecule has 1 unspecified atom stereocenters. The van der Waals surface area contributed by atoms with Crippen LogP contribution in [0.2, 0.25) is 0 Å². The first-order valence-corrected chi connectivity index (χ1v) is 9.40. The van der Waals surface area contributed by atoms with E-state index in [1.165, 1.54) is 6.07 Å². The Kier molecular flexibility index (Phi) is 5.12. The van der Waals surface area contributed by atoms with Crippen LogP contribution in [0.3, 0.4) is 0 Å². The van der Waals surface area contributed by atoms with Crippen LogP contribution in [-0.4, -0.2) is 36.9 Å². The Morgan fingerprint density at radius 3 is 2.68 bits per heavy atom. The first kappa shape index (κ1) is 19.0. The Labute approximate surface area is 162 Å². The van der Waals surface area contributed by atoms with Gasteiger partial charge in [-0.25, -0.2) is 13.8 Å². The van der Waals surface area contributed by atoms with E-state index in [4.69, 9.17) is 9.47 Å². The largest absolute Gasteiger partial charge is 0.350 e. The molecule has 0 aliphatic carbocycles. The van der Waals surface area contributed by atoms with Crippen molar-refractivity contribution in [3.8, 4) is 0 Å². The SMILES string of the molecule is Cc1cccc(N2CC(CC3OCCO3)(c3ccc(F)c(F)c3)CCC2=O)n1. The molecule has 1 aromatic heterocycles. The van der Waals surface area contributed by atoms with Gasteiger partial charge in [0.1, 0.15) is 5.82 Å². The first-order valence-electron chi connectivity index (χ1n) is 9.40. The van der Waals surface area contributed by atoms with E-state index in [1.54, 1.807) is 17.0 Å². The molecule has 2 aromatic rings. The number of ether oxygens (including phenoxy) is 2. The van der Waals surface area contributed by atoms with Gasteiger partial charge in [-0.2, -0.15) is 0 Å². The lowest BCUT2D eigenvalue weighted by Gasteiger charge is -2.43. The van der Waals surface area contributed by atoms with Crippen molar-refractivity contribution in [2.24, 2.45) is 0 Å². The zero-order chi connectivity index (χ0) is 19.7. The molecule has 0 bridgehead atoms. The monoisotopic (exact) mass is 388 g/mol. The van der Waals surface area contributed by atoms with Crippen molar-refractivity contribution in [2.45, 2.75) is 37.9 Å². The van der Waals surface area contributed by atoms with Gasteiger partial charge >= 0.3 is 0 Å². The average molecular weight is 388 g/mol. The summed E-state index contributed by atoms with van der Waals surface area (Å²) in [5.41, 5.74) is 0.815. The topological polar surface area (TPSA) is 51.7 Å². The number of amides is 1. The van der Waals surface area contributed by atoms with Crippen LogP contribution in [0.25, 0.3) is 0 Å². The minimum absolute atomic E-state index is 0.0374. The smallest absolute Gasteiger partial charge is 0.228 e. The normalized spacial score (nSPS) is 23.4. The number of hydrogen-bond acceptors (Lipinski definition) is 4. The molecule has 28 heavy (non-hydrogen) atoms. The third kappa shape index (κ3) is 3.64. The molecule has 5 nitrogen and oxygen atoms in total. The summed E-state index contributed by atoms with van der Waals surface area (Å²) in [5.74, 6) is -1.27. The lowest BCUT2D eigenvalue weighted by Crippen LogP contribution is -2.51. The van der Waals surface area contributed by atoms with Crippen molar-refractivity contribution >= 4 is 11.7 Å². The number of aryl methyl sites for hydroxylation is 1. The highest BCUT2D eigenvalue weighted by molar-refractivity contribution is 5.93. The van der Waals surface area contributed by atoms with Gasteiger partial charge < -0.3 is 9.47 Å². The molecule has 0 spiro atoms. The molecule has 2 aliphatic rings. The standard InChI is InChI=1S/C21H22F2N2O3/c1-14-3-2-4-18(24-14)25-13-21(8-7-19(25)26,12-20-27-9-10-28-20)15-5-6-16(22)17(23)11-15/h2-6,11,20H,7-10,12-13H2,1H3. The van der Waals surface area contributed by atoms with Gasteiger partial charge in [-0.05, 0) is 43.2 Å². The van der Waals surface area contributed by atoms with Gasteiger partial charge in [-0.1, -0.05) is 12.1 Å². The lowest BCUT2D eigenvalue weighted by atomic mass is 9.71. The Balaban J connectivity index is 1.73. The fraction of sp³-hybridized carbons (Fsp3) is 0.429. The second-order valence-electron chi connectivity index (χ2n) is 7.40. The van der Waals surface area contributed by atoms with Crippen LogP contribution < -0.4 is 4.90 Å². The van der Waals surface area contributed by atoms with E-state index >= 15 is 0 Å². The highest BCUT2D eigenvalue weighted by Crippen LogP contribution is 2.41. The summed E-state index contributed by atoms with van der Waals surface area (Å²) in [6.45, 7) is 3.17. The maximum Gasteiger partial charge on any atom is 0.228 e. The zero-order valence-electron chi connectivity index (χ0n) is 15.7. The molecule has 1 aromatic carbocycles. The van der Waals surface area contributed by atoms with Crippen LogP contribution in [-0.2, 0) is 19.7 Å². The Bertz CT molecular complexity index is 886. The molecule has 0 N–H and O–H groups in total. The summed E-state index contributed by atoms with van der Waals surface area (Å²) in [4.78, 5) is 18.8. The van der Waals surface area contributed by atoms with Crippen LogP contribution >= 0.6 is 0 Å². The minimum Gasteiger partial charge on any atom is -0.350 e. The van der Waals surface area contributed by atoms with Crippen molar-refractivity contribution in [1.29, 1.82) is 0 Å². The third-order valence-electron chi connectivity index (χ3n) is 5.51. The second kappa shape index (κ2) is 7.56. The molecule has 2 saturated heterocycles. The van der Waals surface area contributed by atoms with Gasteiger partial charge in [0.15, 0.2) is 17.9 Å². The predicted molar refractivity (Wildman–Crippen MR) is 98.9 cm³/mol. The molecule has 1 amide bonds.